The Morgan fingerprint density at radius 2 is 2.31 bits per heavy atom. The highest BCUT2D eigenvalue weighted by Gasteiger charge is 2.10. The summed E-state index contributed by atoms with van der Waals surface area (Å²) in [5, 5.41) is 3.50. The SMILES string of the molecule is CN=C(NN)Nc1c(Cl)ccc2nsnc12. The van der Waals surface area contributed by atoms with Gasteiger partial charge < -0.3 is 5.32 Å². The molecule has 0 radical (unpaired) electrons. The van der Waals surface area contributed by atoms with E-state index in [4.69, 9.17) is 17.4 Å². The van der Waals surface area contributed by atoms with Gasteiger partial charge in [0, 0.05) is 7.05 Å². The van der Waals surface area contributed by atoms with Gasteiger partial charge in [-0.05, 0) is 12.1 Å². The molecule has 84 valence electrons. The van der Waals surface area contributed by atoms with Crippen molar-refractivity contribution in [2.24, 2.45) is 10.8 Å². The van der Waals surface area contributed by atoms with Crippen molar-refractivity contribution < 1.29 is 0 Å². The summed E-state index contributed by atoms with van der Waals surface area (Å²) < 4.78 is 8.28. The van der Waals surface area contributed by atoms with Crippen molar-refractivity contribution in [1.29, 1.82) is 0 Å². The van der Waals surface area contributed by atoms with Crippen LogP contribution in [0.5, 0.6) is 0 Å². The van der Waals surface area contributed by atoms with E-state index in [1.165, 1.54) is 0 Å². The number of anilines is 1. The Bertz CT molecular complexity index is 536. The average Bonchev–Trinajstić information content (AvgIpc) is 2.76. The molecule has 4 N–H and O–H groups in total. The number of nitrogens with one attached hydrogen (secondary N) is 2. The van der Waals surface area contributed by atoms with E-state index >= 15 is 0 Å². The molecule has 0 spiro atoms. The molecule has 0 unspecified atom stereocenters. The van der Waals surface area contributed by atoms with E-state index in [0.29, 0.717) is 22.2 Å². The second-order valence-corrected chi connectivity index (χ2v) is 3.83. The molecular formula is C8H9ClN6S. The molecule has 0 bridgehead atoms. The highest BCUT2D eigenvalue weighted by Crippen LogP contribution is 2.29. The number of guanidine groups is 1. The van der Waals surface area contributed by atoms with Gasteiger partial charge in [0.1, 0.15) is 11.0 Å². The van der Waals surface area contributed by atoms with Gasteiger partial charge in [0.05, 0.1) is 22.4 Å². The van der Waals surface area contributed by atoms with Crippen molar-refractivity contribution in [3.05, 3.63) is 17.2 Å². The summed E-state index contributed by atoms with van der Waals surface area (Å²) in [6, 6.07) is 3.56. The van der Waals surface area contributed by atoms with E-state index in [1.807, 2.05) is 6.07 Å². The van der Waals surface area contributed by atoms with Gasteiger partial charge >= 0.3 is 0 Å². The minimum atomic E-state index is 0.405. The van der Waals surface area contributed by atoms with Crippen LogP contribution in [0.4, 0.5) is 5.69 Å². The van der Waals surface area contributed by atoms with Gasteiger partial charge in [-0.2, -0.15) is 8.75 Å². The van der Waals surface area contributed by atoms with Gasteiger partial charge in [-0.1, -0.05) is 11.6 Å². The Kier molecular flexibility index (Phi) is 3.18. The van der Waals surface area contributed by atoms with Crippen molar-refractivity contribution in [2.45, 2.75) is 0 Å². The Balaban J connectivity index is 2.49. The van der Waals surface area contributed by atoms with Crippen molar-refractivity contribution in [3.8, 4) is 0 Å². The quantitative estimate of drug-likeness (QED) is 0.309. The Labute approximate surface area is 101 Å². The maximum absolute atomic E-state index is 6.07. The molecule has 2 aromatic rings. The summed E-state index contributed by atoms with van der Waals surface area (Å²) >= 11 is 7.20. The molecule has 0 aliphatic carbocycles. The number of nitrogens with two attached hydrogens (primary N) is 1. The summed E-state index contributed by atoms with van der Waals surface area (Å²) in [6.45, 7) is 0. The van der Waals surface area contributed by atoms with Crippen LogP contribution in [0.2, 0.25) is 5.02 Å². The Morgan fingerprint density at radius 1 is 1.50 bits per heavy atom. The third-order valence-electron chi connectivity index (χ3n) is 1.98. The van der Waals surface area contributed by atoms with Gasteiger partial charge in [-0.3, -0.25) is 10.4 Å². The van der Waals surface area contributed by atoms with Crippen molar-refractivity contribution in [3.63, 3.8) is 0 Å². The zero-order chi connectivity index (χ0) is 11.5. The van der Waals surface area contributed by atoms with Crippen LogP contribution in [-0.2, 0) is 0 Å². The standard InChI is InChI=1S/C8H9ClN6S/c1-11-8(13-10)12-6-4(9)2-3-5-7(6)15-16-14-5/h2-3H,10H2,1H3,(H2,11,12,13). The summed E-state index contributed by atoms with van der Waals surface area (Å²) in [5.41, 5.74) is 4.55. The van der Waals surface area contributed by atoms with Gasteiger partial charge in [-0.15, -0.1) is 0 Å². The first-order valence-electron chi connectivity index (χ1n) is 4.37. The lowest BCUT2D eigenvalue weighted by Crippen LogP contribution is -2.36. The number of nitrogens with zero attached hydrogens (tertiary/aromatic N) is 3. The predicted octanol–water partition coefficient (Wildman–Crippen LogP) is 1.21. The maximum atomic E-state index is 6.07. The average molecular weight is 257 g/mol. The normalized spacial score (nSPS) is 11.8. The number of hydrazine groups is 1. The summed E-state index contributed by atoms with van der Waals surface area (Å²) in [7, 11) is 1.61. The Hall–Kier alpha value is -1.44. The van der Waals surface area contributed by atoms with Crippen LogP contribution in [-0.4, -0.2) is 21.8 Å². The van der Waals surface area contributed by atoms with Crippen LogP contribution in [0.15, 0.2) is 17.1 Å². The third-order valence-corrected chi connectivity index (χ3v) is 2.84. The monoisotopic (exact) mass is 256 g/mol. The van der Waals surface area contributed by atoms with E-state index in [2.05, 4.69) is 24.5 Å². The zero-order valence-electron chi connectivity index (χ0n) is 8.36. The molecular weight excluding hydrogens is 248 g/mol. The third kappa shape index (κ3) is 1.92. The molecule has 0 saturated carbocycles. The first-order valence-corrected chi connectivity index (χ1v) is 5.48. The number of hydrogen-bond donors (Lipinski definition) is 3. The molecule has 0 fully saturated rings. The molecule has 1 aromatic carbocycles. The highest BCUT2D eigenvalue weighted by molar-refractivity contribution is 7.00. The summed E-state index contributed by atoms with van der Waals surface area (Å²) in [6.07, 6.45) is 0. The number of aliphatic imine (C=N–C) groups is 1. The van der Waals surface area contributed by atoms with Crippen molar-refractivity contribution in [2.75, 3.05) is 12.4 Å². The van der Waals surface area contributed by atoms with Crippen molar-refractivity contribution >= 4 is 46.0 Å². The topological polar surface area (TPSA) is 88.2 Å². The fraction of sp³-hybridized carbons (Fsp3) is 0.125. The highest BCUT2D eigenvalue weighted by atomic mass is 35.5. The first kappa shape index (κ1) is 11.1. The van der Waals surface area contributed by atoms with Crippen LogP contribution < -0.4 is 16.6 Å². The van der Waals surface area contributed by atoms with Gasteiger partial charge in [0.15, 0.2) is 0 Å². The number of aromatic nitrogens is 2. The van der Waals surface area contributed by atoms with Gasteiger partial charge in [0.2, 0.25) is 5.96 Å². The van der Waals surface area contributed by atoms with E-state index < -0.39 is 0 Å². The number of hydrogen-bond acceptors (Lipinski definition) is 5. The van der Waals surface area contributed by atoms with Crippen molar-refractivity contribution in [1.82, 2.24) is 14.2 Å². The molecule has 6 nitrogen and oxygen atoms in total. The van der Waals surface area contributed by atoms with Crippen LogP contribution in [0.3, 0.4) is 0 Å². The largest absolute Gasteiger partial charge is 0.322 e. The van der Waals surface area contributed by atoms with Crippen LogP contribution in [0.1, 0.15) is 0 Å². The molecule has 0 saturated heterocycles. The molecule has 16 heavy (non-hydrogen) atoms. The van der Waals surface area contributed by atoms with E-state index in [-0.39, 0.29) is 0 Å². The molecule has 1 aromatic heterocycles. The second kappa shape index (κ2) is 4.60. The lowest BCUT2D eigenvalue weighted by molar-refractivity contribution is 1.01. The summed E-state index contributed by atoms with van der Waals surface area (Å²) in [4.78, 5) is 3.90. The van der Waals surface area contributed by atoms with E-state index in [1.54, 1.807) is 13.1 Å². The molecule has 2 rings (SSSR count). The maximum Gasteiger partial charge on any atom is 0.210 e. The van der Waals surface area contributed by atoms with Crippen LogP contribution in [0, 0.1) is 0 Å². The van der Waals surface area contributed by atoms with Crippen LogP contribution in [0.25, 0.3) is 11.0 Å². The lowest BCUT2D eigenvalue weighted by atomic mass is 10.2. The number of halogens is 1. The summed E-state index contributed by atoms with van der Waals surface area (Å²) in [5.74, 6) is 5.69. The number of rotatable bonds is 1. The van der Waals surface area contributed by atoms with Gasteiger partial charge in [0.25, 0.3) is 0 Å². The van der Waals surface area contributed by atoms with E-state index in [9.17, 15) is 0 Å². The minimum Gasteiger partial charge on any atom is -0.322 e. The Morgan fingerprint density at radius 3 is 3.00 bits per heavy atom. The molecule has 0 aliphatic heterocycles. The van der Waals surface area contributed by atoms with Gasteiger partial charge in [-0.25, -0.2) is 5.84 Å². The fourth-order valence-corrected chi connectivity index (χ4v) is 1.96. The first-order chi connectivity index (χ1) is 7.76. The molecule has 0 amide bonds. The fourth-order valence-electron chi connectivity index (χ4n) is 1.22. The molecule has 0 atom stereocenters. The lowest BCUT2D eigenvalue weighted by Gasteiger charge is -2.09. The van der Waals surface area contributed by atoms with Crippen LogP contribution >= 0.6 is 23.3 Å². The second-order valence-electron chi connectivity index (χ2n) is 2.90. The molecule has 1 heterocycles. The number of fused-ring (bicyclic) bond motifs is 1. The minimum absolute atomic E-state index is 0.405. The zero-order valence-corrected chi connectivity index (χ0v) is 9.93. The number of benzene rings is 1. The van der Waals surface area contributed by atoms with E-state index in [0.717, 1.165) is 17.2 Å². The molecule has 8 heteroatoms. The molecule has 0 aliphatic rings. The smallest absolute Gasteiger partial charge is 0.210 e. The predicted molar refractivity (Wildman–Crippen MR) is 66.7 cm³/mol.